The van der Waals surface area contributed by atoms with Crippen molar-refractivity contribution in [2.75, 3.05) is 26.2 Å². The van der Waals surface area contributed by atoms with Crippen molar-refractivity contribution in [1.29, 1.82) is 0 Å². The number of hydrogen-bond donors (Lipinski definition) is 1. The number of nitrogens with two attached hydrogens (primary N) is 1. The maximum Gasteiger partial charge on any atom is -0.000555 e. The summed E-state index contributed by atoms with van der Waals surface area (Å²) in [7, 11) is 0. The summed E-state index contributed by atoms with van der Waals surface area (Å²) in [5.74, 6) is 1.30. The maximum absolute atomic E-state index is 6.10. The van der Waals surface area contributed by atoms with Crippen LogP contribution in [0.3, 0.4) is 0 Å². The molecule has 112 valence electrons. The highest BCUT2D eigenvalue weighted by Crippen LogP contribution is 2.32. The number of rotatable bonds is 5. The molecule has 0 saturated carbocycles. The zero-order chi connectivity index (χ0) is 14.5. The van der Waals surface area contributed by atoms with E-state index < -0.39 is 0 Å². The van der Waals surface area contributed by atoms with Gasteiger partial charge in [-0.15, -0.1) is 0 Å². The van der Waals surface area contributed by atoms with E-state index in [2.05, 4.69) is 43.9 Å². The largest absolute Gasteiger partial charge is 0.330 e. The lowest BCUT2D eigenvalue weighted by Crippen LogP contribution is -2.37. The molecule has 0 bridgehead atoms. The molecule has 1 atom stereocenters. The molecule has 1 saturated heterocycles. The summed E-state index contributed by atoms with van der Waals surface area (Å²) >= 11 is 0. The zero-order valence-corrected chi connectivity index (χ0v) is 13.4. The van der Waals surface area contributed by atoms with Gasteiger partial charge in [0.2, 0.25) is 0 Å². The van der Waals surface area contributed by atoms with Gasteiger partial charge in [0.1, 0.15) is 0 Å². The zero-order valence-electron chi connectivity index (χ0n) is 13.4. The summed E-state index contributed by atoms with van der Waals surface area (Å²) in [5, 5.41) is 0. The van der Waals surface area contributed by atoms with Gasteiger partial charge in [-0.05, 0) is 87.8 Å². The summed E-state index contributed by atoms with van der Waals surface area (Å²) < 4.78 is 0. The highest BCUT2D eigenvalue weighted by molar-refractivity contribution is 5.32. The number of piperidine rings is 1. The summed E-state index contributed by atoms with van der Waals surface area (Å²) in [5.41, 5.74) is 10.3. The van der Waals surface area contributed by atoms with E-state index in [0.717, 1.165) is 12.5 Å². The van der Waals surface area contributed by atoms with Crippen LogP contribution in [0.2, 0.25) is 0 Å². The first-order valence-corrected chi connectivity index (χ1v) is 8.15. The standard InChI is InChI=1S/C18H30N2/c1-4-9-20-10-7-16(8-11-20)18(13-19)17-6-5-14(2)15(3)12-17/h5-6,12,16,18H,4,7-11,13,19H2,1-3H3. The molecule has 2 heteroatoms. The maximum atomic E-state index is 6.10. The molecule has 1 fully saturated rings. The van der Waals surface area contributed by atoms with E-state index >= 15 is 0 Å². The van der Waals surface area contributed by atoms with Crippen molar-refractivity contribution in [1.82, 2.24) is 4.90 Å². The summed E-state index contributed by atoms with van der Waals surface area (Å²) in [6.45, 7) is 11.2. The van der Waals surface area contributed by atoms with Crippen molar-refractivity contribution in [3.63, 3.8) is 0 Å². The molecule has 0 spiro atoms. The molecule has 1 aliphatic rings. The molecule has 0 aromatic heterocycles. The van der Waals surface area contributed by atoms with E-state index in [1.165, 1.54) is 55.6 Å². The molecule has 1 aromatic rings. The quantitative estimate of drug-likeness (QED) is 0.891. The minimum absolute atomic E-state index is 0.540. The van der Waals surface area contributed by atoms with Crippen LogP contribution in [-0.4, -0.2) is 31.1 Å². The molecule has 1 heterocycles. The van der Waals surface area contributed by atoms with Gasteiger partial charge in [-0.3, -0.25) is 0 Å². The SMILES string of the molecule is CCCN1CCC(C(CN)c2ccc(C)c(C)c2)CC1. The second-order valence-electron chi connectivity index (χ2n) is 6.36. The second kappa shape index (κ2) is 7.24. The molecular weight excluding hydrogens is 244 g/mol. The number of hydrogen-bond acceptors (Lipinski definition) is 2. The number of likely N-dealkylation sites (tertiary alicyclic amines) is 1. The Hall–Kier alpha value is -0.860. The van der Waals surface area contributed by atoms with Crippen LogP contribution in [-0.2, 0) is 0 Å². The lowest BCUT2D eigenvalue weighted by Gasteiger charge is -2.36. The first kappa shape index (κ1) is 15.5. The molecule has 1 unspecified atom stereocenters. The van der Waals surface area contributed by atoms with Crippen molar-refractivity contribution in [2.45, 2.75) is 46.0 Å². The number of benzene rings is 1. The number of nitrogens with zero attached hydrogens (tertiary/aromatic N) is 1. The van der Waals surface area contributed by atoms with Crippen molar-refractivity contribution in [3.05, 3.63) is 34.9 Å². The molecule has 1 aliphatic heterocycles. The third-order valence-electron chi connectivity index (χ3n) is 4.95. The monoisotopic (exact) mass is 274 g/mol. The Morgan fingerprint density at radius 1 is 1.20 bits per heavy atom. The minimum Gasteiger partial charge on any atom is -0.330 e. The normalized spacial score (nSPS) is 19.2. The van der Waals surface area contributed by atoms with Crippen LogP contribution < -0.4 is 5.73 Å². The Kier molecular flexibility index (Phi) is 5.62. The molecule has 0 radical (unpaired) electrons. The van der Waals surface area contributed by atoms with Gasteiger partial charge in [0.25, 0.3) is 0 Å². The van der Waals surface area contributed by atoms with Crippen LogP contribution in [0.25, 0.3) is 0 Å². The van der Waals surface area contributed by atoms with E-state index in [4.69, 9.17) is 5.73 Å². The lowest BCUT2D eigenvalue weighted by molar-refractivity contribution is 0.169. The van der Waals surface area contributed by atoms with Gasteiger partial charge in [-0.2, -0.15) is 0 Å². The number of aryl methyl sites for hydroxylation is 2. The topological polar surface area (TPSA) is 29.3 Å². The predicted octanol–water partition coefficient (Wildman–Crippen LogP) is 3.47. The molecule has 20 heavy (non-hydrogen) atoms. The second-order valence-corrected chi connectivity index (χ2v) is 6.36. The Bertz CT molecular complexity index is 419. The average Bonchev–Trinajstić information content (AvgIpc) is 2.46. The molecular formula is C18H30N2. The van der Waals surface area contributed by atoms with Crippen LogP contribution in [0, 0.1) is 19.8 Å². The summed E-state index contributed by atoms with van der Waals surface area (Å²) in [6, 6.07) is 6.89. The highest BCUT2D eigenvalue weighted by Gasteiger charge is 2.26. The van der Waals surface area contributed by atoms with E-state index in [-0.39, 0.29) is 0 Å². The van der Waals surface area contributed by atoms with Gasteiger partial charge in [0.05, 0.1) is 0 Å². The third kappa shape index (κ3) is 3.62. The van der Waals surface area contributed by atoms with E-state index in [1.54, 1.807) is 0 Å². The van der Waals surface area contributed by atoms with E-state index in [9.17, 15) is 0 Å². The van der Waals surface area contributed by atoms with Crippen LogP contribution in [0.1, 0.15) is 48.8 Å². The van der Waals surface area contributed by atoms with Crippen molar-refractivity contribution >= 4 is 0 Å². The van der Waals surface area contributed by atoms with Crippen LogP contribution >= 0.6 is 0 Å². The molecule has 2 N–H and O–H groups in total. The minimum atomic E-state index is 0.540. The van der Waals surface area contributed by atoms with Gasteiger partial charge in [-0.25, -0.2) is 0 Å². The van der Waals surface area contributed by atoms with Gasteiger partial charge < -0.3 is 10.6 Å². The Morgan fingerprint density at radius 2 is 1.90 bits per heavy atom. The molecule has 2 nitrogen and oxygen atoms in total. The molecule has 0 aliphatic carbocycles. The Morgan fingerprint density at radius 3 is 2.45 bits per heavy atom. The van der Waals surface area contributed by atoms with Gasteiger partial charge in [0, 0.05) is 0 Å². The van der Waals surface area contributed by atoms with Gasteiger partial charge >= 0.3 is 0 Å². The average molecular weight is 274 g/mol. The van der Waals surface area contributed by atoms with Crippen molar-refractivity contribution < 1.29 is 0 Å². The van der Waals surface area contributed by atoms with Gasteiger partial charge in [-0.1, -0.05) is 25.1 Å². The lowest BCUT2D eigenvalue weighted by atomic mass is 9.79. The third-order valence-corrected chi connectivity index (χ3v) is 4.95. The van der Waals surface area contributed by atoms with Crippen LogP contribution in [0.4, 0.5) is 0 Å². The fourth-order valence-corrected chi connectivity index (χ4v) is 3.49. The van der Waals surface area contributed by atoms with E-state index in [1.807, 2.05) is 0 Å². The summed E-state index contributed by atoms with van der Waals surface area (Å²) in [4.78, 5) is 2.60. The predicted molar refractivity (Wildman–Crippen MR) is 87.2 cm³/mol. The Balaban J connectivity index is 2.03. The van der Waals surface area contributed by atoms with Crippen LogP contribution in [0.5, 0.6) is 0 Å². The van der Waals surface area contributed by atoms with E-state index in [0.29, 0.717) is 5.92 Å². The fraction of sp³-hybridized carbons (Fsp3) is 0.667. The summed E-state index contributed by atoms with van der Waals surface area (Å²) in [6.07, 6.45) is 3.87. The Labute approximate surface area is 124 Å². The molecule has 0 amide bonds. The smallest absolute Gasteiger partial charge is 0.000555 e. The van der Waals surface area contributed by atoms with Gasteiger partial charge in [0.15, 0.2) is 0 Å². The van der Waals surface area contributed by atoms with Crippen molar-refractivity contribution in [3.8, 4) is 0 Å². The molecule has 2 rings (SSSR count). The first-order valence-electron chi connectivity index (χ1n) is 8.15. The highest BCUT2D eigenvalue weighted by atomic mass is 15.1. The molecule has 1 aromatic carbocycles. The first-order chi connectivity index (χ1) is 9.65. The van der Waals surface area contributed by atoms with Crippen LogP contribution in [0.15, 0.2) is 18.2 Å². The fourth-order valence-electron chi connectivity index (χ4n) is 3.49. The van der Waals surface area contributed by atoms with Crippen molar-refractivity contribution in [2.24, 2.45) is 11.7 Å².